The summed E-state index contributed by atoms with van der Waals surface area (Å²) in [6.07, 6.45) is 6.30. The third kappa shape index (κ3) is 4.56. The molecule has 0 spiro atoms. The number of amides is 1. The quantitative estimate of drug-likeness (QED) is 0.542. The summed E-state index contributed by atoms with van der Waals surface area (Å²) in [5, 5.41) is 1.19. The first-order valence-electron chi connectivity index (χ1n) is 10.1. The predicted molar refractivity (Wildman–Crippen MR) is 120 cm³/mol. The van der Waals surface area contributed by atoms with E-state index in [4.69, 9.17) is 9.47 Å². The summed E-state index contributed by atoms with van der Waals surface area (Å²) in [5.74, 6) is 1.55. The second-order valence-corrected chi connectivity index (χ2v) is 9.30. The fourth-order valence-corrected chi connectivity index (χ4v) is 3.99. The summed E-state index contributed by atoms with van der Waals surface area (Å²) >= 11 is 1.74. The molecule has 30 heavy (non-hydrogen) atoms. The number of rotatable bonds is 4. The molecule has 6 nitrogen and oxygen atoms in total. The smallest absolute Gasteiger partial charge is 0.410 e. The number of nitrogens with zero attached hydrogens (tertiary/aromatic N) is 3. The minimum atomic E-state index is -0.491. The molecule has 1 aliphatic heterocycles. The number of fused-ring (bicyclic) bond motifs is 1. The van der Waals surface area contributed by atoms with Gasteiger partial charge < -0.3 is 18.9 Å². The maximum absolute atomic E-state index is 12.2. The standard InChI is InChI=1S/C23H27N3O3S/c1-23(2,3)29-22(27)25-11-10-18(15-25)28-17-5-8-21(24-14-17)26-12-9-16-13-19(30-4)6-7-20(16)26/h5-9,12-14,18H,10-11,15H2,1-4H3. The van der Waals surface area contributed by atoms with Gasteiger partial charge in [-0.05, 0) is 63.4 Å². The lowest BCUT2D eigenvalue weighted by atomic mass is 10.2. The first-order valence-corrected chi connectivity index (χ1v) is 11.3. The monoisotopic (exact) mass is 425 g/mol. The van der Waals surface area contributed by atoms with Crippen LogP contribution >= 0.6 is 11.8 Å². The van der Waals surface area contributed by atoms with E-state index in [1.807, 2.05) is 39.1 Å². The average molecular weight is 426 g/mol. The number of likely N-dealkylation sites (tertiary alicyclic amines) is 1. The van der Waals surface area contributed by atoms with Crippen LogP contribution in [0.3, 0.4) is 0 Å². The van der Waals surface area contributed by atoms with Gasteiger partial charge in [0.2, 0.25) is 0 Å². The van der Waals surface area contributed by atoms with E-state index in [1.165, 1.54) is 10.3 Å². The van der Waals surface area contributed by atoms with Gasteiger partial charge >= 0.3 is 6.09 Å². The second kappa shape index (κ2) is 8.22. The number of hydrogen-bond acceptors (Lipinski definition) is 5. The topological polar surface area (TPSA) is 56.6 Å². The van der Waals surface area contributed by atoms with Crippen LogP contribution in [0.25, 0.3) is 16.7 Å². The van der Waals surface area contributed by atoms with Gasteiger partial charge in [-0.3, -0.25) is 0 Å². The van der Waals surface area contributed by atoms with Gasteiger partial charge in [0.25, 0.3) is 0 Å². The Morgan fingerprint density at radius 1 is 1.20 bits per heavy atom. The minimum absolute atomic E-state index is 0.0532. The lowest BCUT2D eigenvalue weighted by Gasteiger charge is -2.24. The first-order chi connectivity index (χ1) is 14.3. The molecule has 0 saturated carbocycles. The molecule has 1 aromatic carbocycles. The largest absolute Gasteiger partial charge is 0.487 e. The molecule has 0 aliphatic carbocycles. The van der Waals surface area contributed by atoms with Crippen molar-refractivity contribution in [1.29, 1.82) is 0 Å². The summed E-state index contributed by atoms with van der Waals surface area (Å²) in [5.41, 5.74) is 0.632. The maximum Gasteiger partial charge on any atom is 0.410 e. The third-order valence-corrected chi connectivity index (χ3v) is 5.69. The summed E-state index contributed by atoms with van der Waals surface area (Å²) < 4.78 is 13.6. The van der Waals surface area contributed by atoms with E-state index in [0.29, 0.717) is 18.8 Å². The molecule has 0 radical (unpaired) electrons. The summed E-state index contributed by atoms with van der Waals surface area (Å²) in [6.45, 7) is 6.78. The van der Waals surface area contributed by atoms with E-state index >= 15 is 0 Å². The Hall–Kier alpha value is -2.67. The fourth-order valence-electron chi connectivity index (χ4n) is 3.54. The Morgan fingerprint density at radius 2 is 2.03 bits per heavy atom. The summed E-state index contributed by atoms with van der Waals surface area (Å²) in [4.78, 5) is 19.7. The Bertz CT molecular complexity index is 1040. The van der Waals surface area contributed by atoms with Crippen molar-refractivity contribution in [3.8, 4) is 11.6 Å². The number of benzene rings is 1. The number of hydrogen-bond donors (Lipinski definition) is 0. The number of carbonyl (C=O) groups excluding carboxylic acids is 1. The molecule has 158 valence electrons. The highest BCUT2D eigenvalue weighted by atomic mass is 32.2. The molecule has 1 amide bonds. The average Bonchev–Trinajstić information content (AvgIpc) is 3.34. The Kier molecular flexibility index (Phi) is 5.64. The highest BCUT2D eigenvalue weighted by Crippen LogP contribution is 2.26. The van der Waals surface area contributed by atoms with Gasteiger partial charge in [-0.25, -0.2) is 9.78 Å². The van der Waals surface area contributed by atoms with Gasteiger partial charge in [0, 0.05) is 29.4 Å². The van der Waals surface area contributed by atoms with E-state index in [-0.39, 0.29) is 12.2 Å². The van der Waals surface area contributed by atoms with E-state index in [9.17, 15) is 4.79 Å². The van der Waals surface area contributed by atoms with Crippen LogP contribution < -0.4 is 4.74 Å². The molecule has 0 N–H and O–H groups in total. The molecule has 3 aromatic rings. The van der Waals surface area contributed by atoms with Crippen LogP contribution in [0.2, 0.25) is 0 Å². The van der Waals surface area contributed by atoms with Gasteiger partial charge in [0.05, 0.1) is 18.3 Å². The van der Waals surface area contributed by atoms with E-state index in [2.05, 4.69) is 40.1 Å². The van der Waals surface area contributed by atoms with Crippen molar-refractivity contribution in [2.75, 3.05) is 19.3 Å². The first kappa shape index (κ1) is 20.6. The van der Waals surface area contributed by atoms with Crippen LogP contribution in [0, 0.1) is 0 Å². The maximum atomic E-state index is 12.2. The van der Waals surface area contributed by atoms with Crippen molar-refractivity contribution < 1.29 is 14.3 Å². The zero-order valence-corrected chi connectivity index (χ0v) is 18.6. The van der Waals surface area contributed by atoms with Crippen molar-refractivity contribution >= 4 is 28.8 Å². The highest BCUT2D eigenvalue weighted by molar-refractivity contribution is 7.98. The van der Waals surface area contributed by atoms with Crippen molar-refractivity contribution in [2.45, 2.75) is 43.8 Å². The Labute approximate surface area is 181 Å². The Morgan fingerprint density at radius 3 is 2.73 bits per heavy atom. The van der Waals surface area contributed by atoms with Gasteiger partial charge in [-0.2, -0.15) is 0 Å². The van der Waals surface area contributed by atoms with Gasteiger partial charge in [-0.15, -0.1) is 11.8 Å². The van der Waals surface area contributed by atoms with Crippen LogP contribution in [-0.2, 0) is 4.74 Å². The summed E-state index contributed by atoms with van der Waals surface area (Å²) in [7, 11) is 0. The zero-order valence-electron chi connectivity index (χ0n) is 17.8. The molecule has 2 aromatic heterocycles. The number of pyridine rings is 1. The predicted octanol–water partition coefficient (Wildman–Crippen LogP) is 5.14. The molecule has 4 rings (SSSR count). The number of aromatic nitrogens is 2. The van der Waals surface area contributed by atoms with E-state index in [0.717, 1.165) is 17.8 Å². The zero-order chi connectivity index (χ0) is 21.3. The van der Waals surface area contributed by atoms with Gasteiger partial charge in [0.1, 0.15) is 23.3 Å². The Balaban J connectivity index is 1.41. The fraction of sp³-hybridized carbons (Fsp3) is 0.391. The van der Waals surface area contributed by atoms with Crippen LogP contribution in [0.1, 0.15) is 27.2 Å². The van der Waals surface area contributed by atoms with Crippen molar-refractivity contribution in [3.63, 3.8) is 0 Å². The highest BCUT2D eigenvalue weighted by Gasteiger charge is 2.30. The molecule has 1 atom stereocenters. The molecule has 1 saturated heterocycles. The lowest BCUT2D eigenvalue weighted by Crippen LogP contribution is -2.36. The number of carbonyl (C=O) groups is 1. The van der Waals surface area contributed by atoms with Crippen molar-refractivity contribution in [3.05, 3.63) is 48.8 Å². The third-order valence-electron chi connectivity index (χ3n) is 4.96. The number of thioether (sulfide) groups is 1. The van der Waals surface area contributed by atoms with E-state index < -0.39 is 5.60 Å². The SMILES string of the molecule is CSc1ccc2c(ccn2-c2ccc(OC3CCN(C(=O)OC(C)(C)C)C3)cn2)c1. The van der Waals surface area contributed by atoms with Crippen LogP contribution in [0.15, 0.2) is 53.7 Å². The molecule has 7 heteroatoms. The van der Waals surface area contributed by atoms with Crippen LogP contribution in [-0.4, -0.2) is 51.6 Å². The number of ether oxygens (including phenoxy) is 2. The second-order valence-electron chi connectivity index (χ2n) is 8.42. The molecule has 1 fully saturated rings. The van der Waals surface area contributed by atoms with Crippen LogP contribution in [0.5, 0.6) is 5.75 Å². The molecule has 0 bridgehead atoms. The van der Waals surface area contributed by atoms with E-state index in [1.54, 1.807) is 22.9 Å². The van der Waals surface area contributed by atoms with Crippen molar-refractivity contribution in [2.24, 2.45) is 0 Å². The normalized spacial score (nSPS) is 16.8. The summed E-state index contributed by atoms with van der Waals surface area (Å²) in [6, 6.07) is 12.4. The van der Waals surface area contributed by atoms with Crippen LogP contribution in [0.4, 0.5) is 4.79 Å². The molecule has 3 heterocycles. The lowest BCUT2D eigenvalue weighted by molar-refractivity contribution is 0.0275. The molecular formula is C23H27N3O3S. The minimum Gasteiger partial charge on any atom is -0.487 e. The molecule has 1 unspecified atom stereocenters. The van der Waals surface area contributed by atoms with Gasteiger partial charge in [0.15, 0.2) is 0 Å². The molecular weight excluding hydrogens is 398 g/mol. The van der Waals surface area contributed by atoms with Crippen molar-refractivity contribution in [1.82, 2.24) is 14.5 Å². The van der Waals surface area contributed by atoms with Gasteiger partial charge in [-0.1, -0.05) is 0 Å². The molecule has 1 aliphatic rings.